The summed E-state index contributed by atoms with van der Waals surface area (Å²) in [5, 5.41) is 11.1. The van der Waals surface area contributed by atoms with Crippen molar-refractivity contribution in [3.63, 3.8) is 0 Å². The summed E-state index contributed by atoms with van der Waals surface area (Å²) >= 11 is -8.99. The van der Waals surface area contributed by atoms with Gasteiger partial charge in [-0.25, -0.2) is 0 Å². The molecule has 2 aromatic rings. The van der Waals surface area contributed by atoms with E-state index in [1.165, 1.54) is 18.2 Å². The van der Waals surface area contributed by atoms with Gasteiger partial charge in [-0.05, 0) is 0 Å². The fourth-order valence-corrected chi connectivity index (χ4v) is 9.88. The first kappa shape index (κ1) is 17.8. The summed E-state index contributed by atoms with van der Waals surface area (Å²) in [5.41, 5.74) is 1.03. The Kier molecular flexibility index (Phi) is 5.37. The van der Waals surface area contributed by atoms with Crippen LogP contribution in [0.3, 0.4) is 0 Å². The van der Waals surface area contributed by atoms with E-state index in [1.54, 1.807) is 31.2 Å². The standard InChI is InChI=1S/C14H15As2NO6/c1-10-3-6-12(7-4-10)15(18)23-16(19,20)13-8-5-11(2)9-14(13)17(21)22/h3-9,15H,1-2H3,(H,19,20). The molecule has 0 spiro atoms. The second-order valence-electron chi connectivity index (χ2n) is 5.01. The number of rotatable bonds is 5. The summed E-state index contributed by atoms with van der Waals surface area (Å²) < 4.78 is 39.7. The fraction of sp³-hybridized carbons (Fsp3) is 0.143. The summed E-state index contributed by atoms with van der Waals surface area (Å²) in [7, 11) is 0. The molecule has 9 heteroatoms. The van der Waals surface area contributed by atoms with Gasteiger partial charge in [-0.2, -0.15) is 0 Å². The zero-order valence-corrected chi connectivity index (χ0v) is 16.4. The molecule has 122 valence electrons. The third kappa shape index (κ3) is 4.27. The molecule has 0 fully saturated rings. The van der Waals surface area contributed by atoms with Gasteiger partial charge in [0.2, 0.25) is 0 Å². The maximum atomic E-state index is 12.4. The van der Waals surface area contributed by atoms with Crippen molar-refractivity contribution in [3.05, 3.63) is 63.7 Å². The van der Waals surface area contributed by atoms with E-state index in [9.17, 15) is 21.7 Å². The van der Waals surface area contributed by atoms with Crippen LogP contribution in [0.4, 0.5) is 5.69 Å². The molecule has 0 heterocycles. The van der Waals surface area contributed by atoms with Crippen LogP contribution < -0.4 is 8.70 Å². The summed E-state index contributed by atoms with van der Waals surface area (Å²) in [5.74, 6) is 0. The molecule has 7 nitrogen and oxygen atoms in total. The molecule has 0 aromatic heterocycles. The van der Waals surface area contributed by atoms with E-state index in [0.717, 1.165) is 5.56 Å². The van der Waals surface area contributed by atoms with Crippen molar-refractivity contribution < 1.29 is 19.2 Å². The molecule has 0 amide bonds. The first-order valence-electron chi connectivity index (χ1n) is 6.60. The van der Waals surface area contributed by atoms with Crippen LogP contribution in [0.2, 0.25) is 0 Å². The predicted molar refractivity (Wildman–Crippen MR) is 85.9 cm³/mol. The van der Waals surface area contributed by atoms with Gasteiger partial charge >= 0.3 is 140 Å². The number of aryl methyl sites for hydroxylation is 2. The molecule has 0 radical (unpaired) electrons. The first-order chi connectivity index (χ1) is 10.7. The summed E-state index contributed by atoms with van der Waals surface area (Å²) in [6.07, 6.45) is 0. The summed E-state index contributed by atoms with van der Waals surface area (Å²) in [4.78, 5) is 10.3. The molecular formula is C14H15As2NO6. The third-order valence-corrected chi connectivity index (χ3v) is 12.3. The summed E-state index contributed by atoms with van der Waals surface area (Å²) in [6, 6.07) is 10.4. The fourth-order valence-electron chi connectivity index (χ4n) is 1.92. The van der Waals surface area contributed by atoms with Gasteiger partial charge in [-0.3, -0.25) is 0 Å². The van der Waals surface area contributed by atoms with Crippen LogP contribution >= 0.6 is 0 Å². The zero-order valence-electron chi connectivity index (χ0n) is 12.4. The van der Waals surface area contributed by atoms with E-state index < -0.39 is 44.1 Å². The van der Waals surface area contributed by atoms with Crippen LogP contribution in [0.25, 0.3) is 0 Å². The normalized spacial score (nSPS) is 14.9. The Bertz CT molecular complexity index is 819. The Morgan fingerprint density at radius 2 is 1.70 bits per heavy atom. The number of hydrogen-bond donors (Lipinski definition) is 1. The van der Waals surface area contributed by atoms with Crippen molar-refractivity contribution in [2.24, 2.45) is 0 Å². The zero-order chi connectivity index (χ0) is 17.2. The van der Waals surface area contributed by atoms with Gasteiger partial charge in [-0.15, -0.1) is 0 Å². The number of nitro benzene ring substituents is 1. The van der Waals surface area contributed by atoms with Crippen LogP contribution in [-0.2, 0) is 10.2 Å². The van der Waals surface area contributed by atoms with Gasteiger partial charge in [0.1, 0.15) is 0 Å². The van der Waals surface area contributed by atoms with Gasteiger partial charge in [0, 0.05) is 0 Å². The van der Waals surface area contributed by atoms with Crippen LogP contribution in [0, 0.1) is 24.0 Å². The number of benzene rings is 2. The van der Waals surface area contributed by atoms with Crippen molar-refractivity contribution >= 4 is 43.5 Å². The van der Waals surface area contributed by atoms with E-state index in [4.69, 9.17) is 2.72 Å². The molecule has 2 rings (SSSR count). The molecule has 0 aliphatic rings. The molecule has 0 saturated heterocycles. The van der Waals surface area contributed by atoms with Crippen LogP contribution in [-0.4, -0.2) is 38.1 Å². The average Bonchev–Trinajstić information content (AvgIpc) is 2.46. The molecule has 2 atom stereocenters. The van der Waals surface area contributed by atoms with Gasteiger partial charge in [-0.1, -0.05) is 0 Å². The molecule has 2 aromatic carbocycles. The number of nitrogens with zero attached hydrogens (tertiary/aromatic N) is 1. The number of hydrogen-bond acceptors (Lipinski definition) is 5. The molecule has 0 aliphatic heterocycles. The van der Waals surface area contributed by atoms with Gasteiger partial charge in [0.25, 0.3) is 0 Å². The van der Waals surface area contributed by atoms with Crippen LogP contribution in [0.1, 0.15) is 11.1 Å². The Hall–Kier alpha value is -1.52. The van der Waals surface area contributed by atoms with Crippen molar-refractivity contribution in [1.82, 2.24) is 0 Å². The maximum absolute atomic E-state index is 12.4. The Labute approximate surface area is 140 Å². The molecule has 1 N–H and O–H groups in total. The van der Waals surface area contributed by atoms with E-state index in [-0.39, 0.29) is 0 Å². The SMILES string of the molecule is Cc1ccc([AsH](=O)O[As](=O)(O)c2ccc(C)cc2[N+](=O)[O-])cc1. The average molecular weight is 443 g/mol. The molecular weight excluding hydrogens is 428 g/mol. The minimum atomic E-state index is -5.29. The van der Waals surface area contributed by atoms with Crippen molar-refractivity contribution in [2.75, 3.05) is 0 Å². The quantitative estimate of drug-likeness (QED) is 0.407. The van der Waals surface area contributed by atoms with Gasteiger partial charge in [0.15, 0.2) is 0 Å². The first-order valence-corrected chi connectivity index (χ1v) is 12.7. The van der Waals surface area contributed by atoms with E-state index in [2.05, 4.69) is 0 Å². The predicted octanol–water partition coefficient (Wildman–Crippen LogP) is 0.355. The third-order valence-electron chi connectivity index (χ3n) is 3.13. The monoisotopic (exact) mass is 443 g/mol. The molecule has 23 heavy (non-hydrogen) atoms. The van der Waals surface area contributed by atoms with Gasteiger partial charge in [0.05, 0.1) is 0 Å². The minimum absolute atomic E-state index is 0.348. The van der Waals surface area contributed by atoms with Crippen LogP contribution in [0.5, 0.6) is 0 Å². The Morgan fingerprint density at radius 1 is 1.13 bits per heavy atom. The van der Waals surface area contributed by atoms with Crippen molar-refractivity contribution in [3.8, 4) is 0 Å². The van der Waals surface area contributed by atoms with Gasteiger partial charge < -0.3 is 0 Å². The molecule has 0 bridgehead atoms. The second-order valence-corrected chi connectivity index (χ2v) is 13.0. The van der Waals surface area contributed by atoms with Crippen molar-refractivity contribution in [2.45, 2.75) is 13.8 Å². The topological polar surface area (TPSA) is 107 Å². The van der Waals surface area contributed by atoms with Crippen molar-refractivity contribution in [1.29, 1.82) is 0 Å². The van der Waals surface area contributed by atoms with E-state index >= 15 is 0 Å². The van der Waals surface area contributed by atoms with Crippen LogP contribution in [0.15, 0.2) is 42.5 Å². The number of nitro groups is 1. The van der Waals surface area contributed by atoms with E-state index in [1.807, 2.05) is 6.92 Å². The molecule has 0 saturated carbocycles. The second kappa shape index (κ2) is 6.93. The molecule has 0 aliphatic carbocycles. The summed E-state index contributed by atoms with van der Waals surface area (Å²) in [6.45, 7) is 3.48. The Balaban J connectivity index is 2.35. The van der Waals surface area contributed by atoms with E-state index in [0.29, 0.717) is 9.91 Å². The Morgan fingerprint density at radius 3 is 2.26 bits per heavy atom. The molecule has 2 unspecified atom stereocenters.